The van der Waals surface area contributed by atoms with Crippen LogP contribution >= 0.6 is 7.82 Å². The molecule has 0 amide bonds. The van der Waals surface area contributed by atoms with Gasteiger partial charge in [0.05, 0.1) is 27.2 Å². The monoisotopic (exact) mass is 815 g/mol. The first-order chi connectivity index (χ1) is 27.0. The van der Waals surface area contributed by atoms with Gasteiger partial charge in [-0.3, -0.25) is 14.2 Å². The van der Waals surface area contributed by atoms with Crippen LogP contribution in [0.2, 0.25) is 0 Å². The van der Waals surface area contributed by atoms with Gasteiger partial charge in [-0.05, 0) is 64.2 Å². The van der Waals surface area contributed by atoms with Crippen molar-refractivity contribution in [2.24, 2.45) is 5.73 Å². The van der Waals surface area contributed by atoms with Crippen molar-refractivity contribution in [2.75, 3.05) is 53.6 Å². The number of rotatable bonds is 42. The molecule has 330 valence electrons. The van der Waals surface area contributed by atoms with E-state index in [9.17, 15) is 19.0 Å². The Morgan fingerprint density at radius 2 is 1.00 bits per heavy atom. The van der Waals surface area contributed by atoms with E-state index in [1.54, 1.807) is 0 Å². The summed E-state index contributed by atoms with van der Waals surface area (Å²) in [6.07, 6.45) is 39.0. The van der Waals surface area contributed by atoms with Crippen molar-refractivity contribution >= 4 is 19.8 Å². The molecule has 0 aliphatic rings. The Kier molecular flexibility index (Phi) is 37.9. The van der Waals surface area contributed by atoms with E-state index in [1.807, 2.05) is 14.1 Å². The number of phosphoric ester groups is 1. The molecule has 0 radical (unpaired) electrons. The maximum atomic E-state index is 12.7. The SMILES string of the molecule is CCCCCCCC/C=C\CCCCCCCC(=O)OC[C@H](COP(=O)([O-])OCC[N+](C)(C)CCN)OC(=O)CCCCCCC/C=C\CCCCCCCC. The molecule has 0 aromatic rings. The molecule has 0 saturated carbocycles. The van der Waals surface area contributed by atoms with E-state index < -0.39 is 32.5 Å². The normalized spacial score (nSPS) is 13.8. The van der Waals surface area contributed by atoms with Crippen LogP contribution in [0.5, 0.6) is 0 Å². The number of carbonyl (C=O) groups excluding carboxylic acids is 2. The maximum Gasteiger partial charge on any atom is 0.306 e. The first kappa shape index (κ1) is 54.5. The van der Waals surface area contributed by atoms with Crippen LogP contribution in [-0.2, 0) is 32.7 Å². The third kappa shape index (κ3) is 39.3. The predicted octanol–water partition coefficient (Wildman–Crippen LogP) is 11.1. The highest BCUT2D eigenvalue weighted by Crippen LogP contribution is 2.38. The van der Waals surface area contributed by atoms with E-state index in [-0.39, 0.29) is 26.1 Å². The molecule has 10 nitrogen and oxygen atoms in total. The molecule has 0 heterocycles. The summed E-state index contributed by atoms with van der Waals surface area (Å²) in [4.78, 5) is 37.7. The van der Waals surface area contributed by atoms with Crippen molar-refractivity contribution in [3.8, 4) is 0 Å². The molecule has 2 atom stereocenters. The van der Waals surface area contributed by atoms with Crippen molar-refractivity contribution in [3.63, 3.8) is 0 Å². The Morgan fingerprint density at radius 1 is 0.589 bits per heavy atom. The van der Waals surface area contributed by atoms with Crippen LogP contribution in [0.1, 0.15) is 194 Å². The topological polar surface area (TPSA) is 137 Å². The lowest BCUT2D eigenvalue weighted by atomic mass is 10.1. The lowest BCUT2D eigenvalue weighted by Gasteiger charge is -2.31. The van der Waals surface area contributed by atoms with E-state index >= 15 is 0 Å². The second-order valence-electron chi connectivity index (χ2n) is 16.2. The average molecular weight is 815 g/mol. The molecule has 2 N–H and O–H groups in total. The lowest BCUT2D eigenvalue weighted by Crippen LogP contribution is -2.45. The molecule has 56 heavy (non-hydrogen) atoms. The van der Waals surface area contributed by atoms with Crippen molar-refractivity contribution in [3.05, 3.63) is 24.3 Å². The first-order valence-corrected chi connectivity index (χ1v) is 24.3. The molecule has 0 aromatic carbocycles. The number of quaternary nitrogens is 1. The van der Waals surface area contributed by atoms with Crippen LogP contribution in [0.3, 0.4) is 0 Å². The minimum atomic E-state index is -4.67. The Labute approximate surface area is 344 Å². The third-order valence-corrected chi connectivity index (χ3v) is 11.1. The molecule has 0 fully saturated rings. The number of carbonyl (C=O) groups is 2. The standard InChI is InChI=1S/C45H87N2O8P/c1-5-7-9-11-13-15-17-19-21-23-25-27-29-31-33-35-44(48)52-41-43(42-54-56(50,51)53-40-39-47(3,4)38-37-46)55-45(49)36-34-32-30-28-26-24-22-20-18-16-14-12-10-8-6-2/h19-22,43H,5-18,23-42,46H2,1-4H3/b21-19-,22-20-/t43-/m1/s1. The van der Waals surface area contributed by atoms with Gasteiger partial charge in [0.25, 0.3) is 7.82 Å². The van der Waals surface area contributed by atoms with Gasteiger partial charge in [-0.15, -0.1) is 0 Å². The summed E-state index contributed by atoms with van der Waals surface area (Å²) in [6.45, 7) is 5.23. The van der Waals surface area contributed by atoms with Crippen LogP contribution in [0.25, 0.3) is 0 Å². The van der Waals surface area contributed by atoms with E-state index in [1.165, 1.54) is 89.9 Å². The van der Waals surface area contributed by atoms with Crippen molar-refractivity contribution < 1.29 is 42.1 Å². The van der Waals surface area contributed by atoms with Gasteiger partial charge >= 0.3 is 11.9 Å². The van der Waals surface area contributed by atoms with E-state index in [2.05, 4.69) is 38.2 Å². The van der Waals surface area contributed by atoms with E-state index in [0.717, 1.165) is 64.2 Å². The molecule has 0 aliphatic heterocycles. The number of esters is 2. The number of likely N-dealkylation sites (N-methyl/N-ethyl adjacent to an activating group) is 1. The molecule has 0 aromatic heterocycles. The quantitative estimate of drug-likeness (QED) is 0.0210. The summed E-state index contributed by atoms with van der Waals surface area (Å²) in [5.41, 5.74) is 5.64. The zero-order chi connectivity index (χ0) is 41.4. The number of hydrogen-bond acceptors (Lipinski definition) is 9. The van der Waals surface area contributed by atoms with Crippen LogP contribution in [0.4, 0.5) is 0 Å². The number of ether oxygens (including phenoxy) is 2. The largest absolute Gasteiger partial charge is 0.756 e. The fourth-order valence-electron chi connectivity index (χ4n) is 6.37. The van der Waals surface area contributed by atoms with Crippen LogP contribution in [-0.4, -0.2) is 76.1 Å². The molecule has 11 heteroatoms. The third-order valence-electron chi connectivity index (χ3n) is 10.1. The van der Waals surface area contributed by atoms with Crippen molar-refractivity contribution in [1.82, 2.24) is 0 Å². The minimum Gasteiger partial charge on any atom is -0.756 e. The van der Waals surface area contributed by atoms with Gasteiger partial charge in [0.2, 0.25) is 0 Å². The second kappa shape index (κ2) is 38.9. The first-order valence-electron chi connectivity index (χ1n) is 22.8. The summed E-state index contributed by atoms with van der Waals surface area (Å²) in [5.74, 6) is -0.866. The number of nitrogens with two attached hydrogens (primary N) is 1. The van der Waals surface area contributed by atoms with E-state index in [4.69, 9.17) is 24.3 Å². The average Bonchev–Trinajstić information content (AvgIpc) is 3.15. The molecule has 0 rings (SSSR count). The fourth-order valence-corrected chi connectivity index (χ4v) is 7.10. The van der Waals surface area contributed by atoms with Gasteiger partial charge < -0.3 is 33.6 Å². The van der Waals surface area contributed by atoms with Gasteiger partial charge in [0.15, 0.2) is 6.10 Å². The molecular formula is C45H87N2O8P. The zero-order valence-electron chi connectivity index (χ0n) is 36.7. The van der Waals surface area contributed by atoms with Crippen LogP contribution < -0.4 is 10.6 Å². The maximum absolute atomic E-state index is 12.7. The highest BCUT2D eigenvalue weighted by Gasteiger charge is 2.22. The van der Waals surface area contributed by atoms with Gasteiger partial charge in [-0.25, -0.2) is 0 Å². The summed E-state index contributed by atoms with van der Waals surface area (Å²) in [6, 6.07) is 0. The summed E-state index contributed by atoms with van der Waals surface area (Å²) < 4.78 is 34.1. The Hall–Kier alpha value is -1.55. The molecule has 0 saturated heterocycles. The minimum absolute atomic E-state index is 0.0708. The van der Waals surface area contributed by atoms with Crippen molar-refractivity contribution in [2.45, 2.75) is 200 Å². The summed E-state index contributed by atoms with van der Waals surface area (Å²) in [5, 5.41) is 0. The van der Waals surface area contributed by atoms with Crippen LogP contribution in [0.15, 0.2) is 24.3 Å². The summed E-state index contributed by atoms with van der Waals surface area (Å²) in [7, 11) is -0.806. The van der Waals surface area contributed by atoms with Crippen LogP contribution in [0, 0.1) is 0 Å². The Morgan fingerprint density at radius 3 is 1.45 bits per heavy atom. The Balaban J connectivity index is 4.48. The second-order valence-corrected chi connectivity index (χ2v) is 17.6. The number of allylic oxidation sites excluding steroid dienone is 4. The van der Waals surface area contributed by atoms with Gasteiger partial charge in [0, 0.05) is 19.4 Å². The number of phosphoric acid groups is 1. The van der Waals surface area contributed by atoms with Gasteiger partial charge in [-0.1, -0.05) is 141 Å². The van der Waals surface area contributed by atoms with Gasteiger partial charge in [-0.2, -0.15) is 0 Å². The smallest absolute Gasteiger partial charge is 0.306 e. The summed E-state index contributed by atoms with van der Waals surface area (Å²) >= 11 is 0. The highest BCUT2D eigenvalue weighted by molar-refractivity contribution is 7.45. The van der Waals surface area contributed by atoms with Crippen molar-refractivity contribution in [1.29, 1.82) is 0 Å². The van der Waals surface area contributed by atoms with E-state index in [0.29, 0.717) is 37.0 Å². The molecule has 0 spiro atoms. The van der Waals surface area contributed by atoms with Gasteiger partial charge in [0.1, 0.15) is 19.8 Å². The predicted molar refractivity (Wildman–Crippen MR) is 230 cm³/mol. The molecule has 0 bridgehead atoms. The highest BCUT2D eigenvalue weighted by atomic mass is 31.2. The fraction of sp³-hybridized carbons (Fsp3) is 0.867. The number of hydrogen-bond donors (Lipinski definition) is 1. The Bertz CT molecular complexity index is 1020. The molecule has 1 unspecified atom stereocenters. The number of unbranched alkanes of at least 4 members (excludes halogenated alkanes) is 22. The zero-order valence-corrected chi connectivity index (χ0v) is 37.6. The number of nitrogens with zero attached hydrogens (tertiary/aromatic N) is 1. The molecule has 0 aliphatic carbocycles. The molecular weight excluding hydrogens is 727 g/mol. The lowest BCUT2D eigenvalue weighted by molar-refractivity contribution is -0.889.